The molecule has 2 aliphatic rings. The minimum Gasteiger partial charge on any atom is -0.350 e. The Morgan fingerprint density at radius 1 is 1.04 bits per heavy atom. The lowest BCUT2D eigenvalue weighted by Crippen LogP contribution is -2.50. The molecule has 4 rings (SSSR count). The second kappa shape index (κ2) is 8.80. The summed E-state index contributed by atoms with van der Waals surface area (Å²) in [6.45, 7) is 2.74. The van der Waals surface area contributed by atoms with Crippen molar-refractivity contribution in [3.8, 4) is 0 Å². The van der Waals surface area contributed by atoms with E-state index in [0.29, 0.717) is 17.2 Å². The van der Waals surface area contributed by atoms with Gasteiger partial charge in [-0.1, -0.05) is 48.5 Å². The first-order chi connectivity index (χ1) is 13.7. The van der Waals surface area contributed by atoms with E-state index in [1.807, 2.05) is 24.3 Å². The number of amides is 2. The van der Waals surface area contributed by atoms with Crippen molar-refractivity contribution in [2.45, 2.75) is 25.0 Å². The van der Waals surface area contributed by atoms with Gasteiger partial charge in [0.15, 0.2) is 0 Å². The molecular weight excluding hydrogens is 370 g/mol. The number of rotatable bonds is 5. The fourth-order valence-corrected chi connectivity index (χ4v) is 4.99. The van der Waals surface area contributed by atoms with Gasteiger partial charge in [0, 0.05) is 37.0 Å². The maximum Gasteiger partial charge on any atom is 0.255 e. The molecule has 0 aromatic heterocycles. The standard InChI is InChI=1S/C22H25N3O2S/c26-21(20-15-28-16-25(20)22(27)18-9-5-2-6-10-18)23-19-11-12-24(14-19)13-17-7-3-1-4-8-17/h1-10,19-20H,11-16H2,(H,23,26)/t19-,20-/m0/s1. The summed E-state index contributed by atoms with van der Waals surface area (Å²) in [6.07, 6.45) is 0.949. The Bertz CT molecular complexity index is 815. The van der Waals surface area contributed by atoms with E-state index in [-0.39, 0.29) is 23.9 Å². The van der Waals surface area contributed by atoms with Crippen molar-refractivity contribution >= 4 is 23.6 Å². The number of carbonyl (C=O) groups is 2. The van der Waals surface area contributed by atoms with E-state index in [9.17, 15) is 9.59 Å². The third kappa shape index (κ3) is 4.39. The third-order valence-electron chi connectivity index (χ3n) is 5.33. The van der Waals surface area contributed by atoms with Crippen LogP contribution in [0.2, 0.25) is 0 Å². The zero-order valence-corrected chi connectivity index (χ0v) is 16.6. The Kier molecular flexibility index (Phi) is 5.98. The van der Waals surface area contributed by atoms with Crippen LogP contribution in [0.25, 0.3) is 0 Å². The van der Waals surface area contributed by atoms with E-state index >= 15 is 0 Å². The van der Waals surface area contributed by atoms with E-state index in [0.717, 1.165) is 26.1 Å². The van der Waals surface area contributed by atoms with Gasteiger partial charge >= 0.3 is 0 Å². The Morgan fingerprint density at radius 2 is 1.75 bits per heavy atom. The van der Waals surface area contributed by atoms with Gasteiger partial charge in [0.2, 0.25) is 5.91 Å². The molecule has 0 bridgehead atoms. The van der Waals surface area contributed by atoms with Crippen molar-refractivity contribution in [3.63, 3.8) is 0 Å². The summed E-state index contributed by atoms with van der Waals surface area (Å²) in [5.74, 6) is 1.13. The average Bonchev–Trinajstić information content (AvgIpc) is 3.38. The molecule has 6 heteroatoms. The topological polar surface area (TPSA) is 52.7 Å². The van der Waals surface area contributed by atoms with E-state index in [1.54, 1.807) is 28.8 Å². The average molecular weight is 396 g/mol. The lowest BCUT2D eigenvalue weighted by Gasteiger charge is -2.25. The molecule has 0 saturated carbocycles. The zero-order chi connectivity index (χ0) is 19.3. The summed E-state index contributed by atoms with van der Waals surface area (Å²) in [5.41, 5.74) is 1.93. The molecule has 2 aromatic carbocycles. The van der Waals surface area contributed by atoms with Gasteiger partial charge in [0.1, 0.15) is 6.04 Å². The molecule has 0 spiro atoms. The van der Waals surface area contributed by atoms with Crippen LogP contribution in [0.5, 0.6) is 0 Å². The first-order valence-electron chi connectivity index (χ1n) is 9.71. The summed E-state index contributed by atoms with van der Waals surface area (Å²) < 4.78 is 0. The molecule has 2 heterocycles. The molecule has 2 aromatic rings. The fourth-order valence-electron chi connectivity index (χ4n) is 3.84. The van der Waals surface area contributed by atoms with E-state index < -0.39 is 0 Å². The van der Waals surface area contributed by atoms with Gasteiger partial charge in [-0.15, -0.1) is 11.8 Å². The maximum absolute atomic E-state index is 12.9. The van der Waals surface area contributed by atoms with Crippen molar-refractivity contribution in [1.82, 2.24) is 15.1 Å². The predicted molar refractivity (Wildman–Crippen MR) is 112 cm³/mol. The molecule has 28 heavy (non-hydrogen) atoms. The molecular formula is C22H25N3O2S. The first kappa shape index (κ1) is 19.0. The molecule has 2 atom stereocenters. The number of carbonyl (C=O) groups excluding carboxylic acids is 2. The summed E-state index contributed by atoms with van der Waals surface area (Å²) in [6, 6.07) is 19.4. The lowest BCUT2D eigenvalue weighted by atomic mass is 10.1. The van der Waals surface area contributed by atoms with Crippen LogP contribution < -0.4 is 5.32 Å². The Labute approximate surface area is 170 Å². The highest BCUT2D eigenvalue weighted by atomic mass is 32.2. The van der Waals surface area contributed by atoms with E-state index in [2.05, 4.69) is 34.5 Å². The van der Waals surface area contributed by atoms with Gasteiger partial charge < -0.3 is 10.2 Å². The normalized spacial score (nSPS) is 22.4. The SMILES string of the molecule is O=C(N[C@H]1CCN(Cc2ccccc2)C1)[C@@H]1CSCN1C(=O)c1ccccc1. The monoisotopic (exact) mass is 395 g/mol. The van der Waals surface area contributed by atoms with Crippen molar-refractivity contribution in [3.05, 3.63) is 71.8 Å². The highest BCUT2D eigenvalue weighted by molar-refractivity contribution is 7.99. The Hall–Kier alpha value is -2.31. The van der Waals surface area contributed by atoms with Gasteiger partial charge in [0.05, 0.1) is 5.88 Å². The van der Waals surface area contributed by atoms with Crippen LogP contribution in [0.15, 0.2) is 60.7 Å². The minimum absolute atomic E-state index is 0.0270. The molecule has 2 saturated heterocycles. The number of hydrogen-bond donors (Lipinski definition) is 1. The summed E-state index contributed by atoms with van der Waals surface area (Å²) in [5, 5.41) is 3.19. The Balaban J connectivity index is 1.32. The largest absolute Gasteiger partial charge is 0.350 e. The smallest absolute Gasteiger partial charge is 0.255 e. The van der Waals surface area contributed by atoms with Crippen molar-refractivity contribution in [1.29, 1.82) is 0 Å². The second-order valence-corrected chi connectivity index (χ2v) is 8.37. The van der Waals surface area contributed by atoms with Crippen LogP contribution in [-0.4, -0.2) is 58.4 Å². The second-order valence-electron chi connectivity index (χ2n) is 7.37. The zero-order valence-electron chi connectivity index (χ0n) is 15.8. The van der Waals surface area contributed by atoms with Gasteiger partial charge in [0.25, 0.3) is 5.91 Å². The van der Waals surface area contributed by atoms with E-state index in [1.165, 1.54) is 5.56 Å². The van der Waals surface area contributed by atoms with Crippen LogP contribution in [-0.2, 0) is 11.3 Å². The van der Waals surface area contributed by atoms with Gasteiger partial charge in [-0.05, 0) is 24.1 Å². The number of hydrogen-bond acceptors (Lipinski definition) is 4. The van der Waals surface area contributed by atoms with Crippen molar-refractivity contribution < 1.29 is 9.59 Å². The Morgan fingerprint density at radius 3 is 2.50 bits per heavy atom. The number of nitrogens with one attached hydrogen (secondary N) is 1. The molecule has 0 radical (unpaired) electrons. The number of nitrogens with zero attached hydrogens (tertiary/aromatic N) is 2. The molecule has 2 aliphatic heterocycles. The number of likely N-dealkylation sites (tertiary alicyclic amines) is 1. The van der Waals surface area contributed by atoms with Crippen LogP contribution in [0.3, 0.4) is 0 Å². The van der Waals surface area contributed by atoms with Crippen LogP contribution >= 0.6 is 11.8 Å². The first-order valence-corrected chi connectivity index (χ1v) is 10.9. The predicted octanol–water partition coefficient (Wildman–Crippen LogP) is 2.59. The summed E-state index contributed by atoms with van der Waals surface area (Å²) >= 11 is 1.64. The lowest BCUT2D eigenvalue weighted by molar-refractivity contribution is -0.125. The molecule has 5 nitrogen and oxygen atoms in total. The molecule has 0 unspecified atom stereocenters. The highest BCUT2D eigenvalue weighted by Gasteiger charge is 2.36. The van der Waals surface area contributed by atoms with Gasteiger partial charge in [-0.2, -0.15) is 0 Å². The van der Waals surface area contributed by atoms with Crippen LogP contribution in [0, 0.1) is 0 Å². The molecule has 146 valence electrons. The van der Waals surface area contributed by atoms with Gasteiger partial charge in [-0.25, -0.2) is 0 Å². The molecule has 1 N–H and O–H groups in total. The molecule has 2 amide bonds. The van der Waals surface area contributed by atoms with Crippen LogP contribution in [0.4, 0.5) is 0 Å². The number of benzene rings is 2. The summed E-state index contributed by atoms with van der Waals surface area (Å²) in [4.78, 5) is 29.7. The van der Waals surface area contributed by atoms with Crippen molar-refractivity contribution in [2.24, 2.45) is 0 Å². The molecule has 2 fully saturated rings. The summed E-state index contributed by atoms with van der Waals surface area (Å²) in [7, 11) is 0. The minimum atomic E-state index is -0.388. The van der Waals surface area contributed by atoms with E-state index in [4.69, 9.17) is 0 Å². The quantitative estimate of drug-likeness (QED) is 0.846. The van der Waals surface area contributed by atoms with Crippen LogP contribution in [0.1, 0.15) is 22.3 Å². The van der Waals surface area contributed by atoms with Crippen molar-refractivity contribution in [2.75, 3.05) is 24.7 Å². The number of thioether (sulfide) groups is 1. The third-order valence-corrected chi connectivity index (χ3v) is 6.35. The van der Waals surface area contributed by atoms with Gasteiger partial charge in [-0.3, -0.25) is 14.5 Å². The fraction of sp³-hybridized carbons (Fsp3) is 0.364. The highest BCUT2D eigenvalue weighted by Crippen LogP contribution is 2.24. The molecule has 0 aliphatic carbocycles. The maximum atomic E-state index is 12.9.